The molecule has 9 aromatic carbocycles. The van der Waals surface area contributed by atoms with Crippen LogP contribution in [0.2, 0.25) is 0 Å². The van der Waals surface area contributed by atoms with Crippen molar-refractivity contribution in [3.05, 3.63) is 234 Å². The van der Waals surface area contributed by atoms with Gasteiger partial charge < -0.3 is 4.90 Å². The smallest absolute Gasteiger partial charge is 0.238 e. The van der Waals surface area contributed by atoms with E-state index in [1.165, 1.54) is 44.8 Å². The predicted molar refractivity (Wildman–Crippen MR) is 277 cm³/mol. The van der Waals surface area contributed by atoms with Crippen molar-refractivity contribution in [3.8, 4) is 45.0 Å². The zero-order chi connectivity index (χ0) is 45.3. The molecule has 0 spiro atoms. The highest BCUT2D eigenvalue weighted by atomic mass is 15.3. The first-order valence-electron chi connectivity index (χ1n) is 22.6. The van der Waals surface area contributed by atoms with Gasteiger partial charge in [-0.05, 0) is 122 Å². The lowest BCUT2D eigenvalue weighted by Crippen LogP contribution is -2.18. The summed E-state index contributed by atoms with van der Waals surface area (Å²) in [7, 11) is 0. The molecule has 0 atom stereocenters. The van der Waals surface area contributed by atoms with E-state index in [1.54, 1.807) is 0 Å². The maximum Gasteiger partial charge on any atom is 0.238 e. The molecule has 0 fully saturated rings. The van der Waals surface area contributed by atoms with E-state index >= 15 is 0 Å². The molecule has 320 valence electrons. The Balaban J connectivity index is 1.25. The molecule has 0 amide bonds. The van der Waals surface area contributed by atoms with Crippen molar-refractivity contribution in [2.24, 2.45) is 0 Å². The molecular weight excluding hydrogens is 803 g/mol. The SMILES string of the molecule is Cc1cc(C)c(N(c2ccc(N(c3nc(-c4ccccc4)nc(-c4ccccc4-c4ccccc4)n3)c3ccc4ccccc4c3-c3ccccc3)cc2)c2c(C)cc(C)cc2C)c(C)c1. The van der Waals surface area contributed by atoms with E-state index in [1.807, 2.05) is 24.3 Å². The largest absolute Gasteiger partial charge is 0.309 e. The maximum absolute atomic E-state index is 5.49. The number of nitrogens with zero attached hydrogens (tertiary/aromatic N) is 5. The summed E-state index contributed by atoms with van der Waals surface area (Å²) in [5.74, 6) is 1.68. The quantitative estimate of drug-likeness (QED) is 0.137. The summed E-state index contributed by atoms with van der Waals surface area (Å²) < 4.78 is 0. The topological polar surface area (TPSA) is 45.2 Å². The summed E-state index contributed by atoms with van der Waals surface area (Å²) in [6.45, 7) is 13.2. The Morgan fingerprint density at radius 3 is 1.38 bits per heavy atom. The number of anilines is 6. The highest BCUT2D eigenvalue weighted by Crippen LogP contribution is 2.47. The molecule has 0 bridgehead atoms. The van der Waals surface area contributed by atoms with Gasteiger partial charge in [0.15, 0.2) is 11.6 Å². The Morgan fingerprint density at radius 2 is 0.803 bits per heavy atom. The second kappa shape index (κ2) is 17.8. The van der Waals surface area contributed by atoms with Crippen molar-refractivity contribution in [2.45, 2.75) is 41.5 Å². The van der Waals surface area contributed by atoms with Gasteiger partial charge >= 0.3 is 0 Å². The van der Waals surface area contributed by atoms with Crippen LogP contribution in [0.3, 0.4) is 0 Å². The summed E-state index contributed by atoms with van der Waals surface area (Å²) >= 11 is 0. The van der Waals surface area contributed by atoms with Crippen LogP contribution in [0.25, 0.3) is 55.8 Å². The first-order valence-corrected chi connectivity index (χ1v) is 22.6. The van der Waals surface area contributed by atoms with Crippen molar-refractivity contribution >= 4 is 45.2 Å². The molecule has 0 N–H and O–H groups in total. The molecule has 0 unspecified atom stereocenters. The van der Waals surface area contributed by atoms with Gasteiger partial charge in [0.1, 0.15) is 0 Å². The molecule has 1 aromatic heterocycles. The van der Waals surface area contributed by atoms with Crippen LogP contribution in [-0.4, -0.2) is 15.0 Å². The van der Waals surface area contributed by atoms with E-state index in [9.17, 15) is 0 Å². The molecule has 5 nitrogen and oxygen atoms in total. The molecule has 10 aromatic rings. The third kappa shape index (κ3) is 8.01. The molecular formula is C61H51N5. The predicted octanol–water partition coefficient (Wildman–Crippen LogP) is 16.5. The van der Waals surface area contributed by atoms with Crippen LogP contribution in [0.5, 0.6) is 0 Å². The third-order valence-corrected chi connectivity index (χ3v) is 12.4. The van der Waals surface area contributed by atoms with Gasteiger partial charge in [-0.25, -0.2) is 4.98 Å². The molecule has 0 saturated heterocycles. The second-order valence-corrected chi connectivity index (χ2v) is 17.3. The number of benzene rings is 9. The number of rotatable bonds is 10. The number of hydrogen-bond donors (Lipinski definition) is 0. The van der Waals surface area contributed by atoms with Gasteiger partial charge in [0.25, 0.3) is 0 Å². The Kier molecular flexibility index (Phi) is 11.3. The monoisotopic (exact) mass is 853 g/mol. The Bertz CT molecular complexity index is 3260. The maximum atomic E-state index is 5.49. The highest BCUT2D eigenvalue weighted by Gasteiger charge is 2.26. The minimum Gasteiger partial charge on any atom is -0.309 e. The van der Waals surface area contributed by atoms with Crippen molar-refractivity contribution in [3.63, 3.8) is 0 Å². The van der Waals surface area contributed by atoms with Crippen LogP contribution in [0, 0.1) is 41.5 Å². The lowest BCUT2D eigenvalue weighted by molar-refractivity contribution is 1.02. The summed E-state index contributed by atoms with van der Waals surface area (Å²) in [6.07, 6.45) is 0. The number of hydrogen-bond acceptors (Lipinski definition) is 5. The van der Waals surface area contributed by atoms with Crippen LogP contribution in [0.1, 0.15) is 33.4 Å². The first kappa shape index (κ1) is 41.8. The Labute approximate surface area is 388 Å². The van der Waals surface area contributed by atoms with Gasteiger partial charge in [0.2, 0.25) is 5.95 Å². The van der Waals surface area contributed by atoms with Crippen LogP contribution in [0.4, 0.5) is 34.4 Å². The molecule has 1 heterocycles. The van der Waals surface area contributed by atoms with Crippen molar-refractivity contribution in [1.82, 2.24) is 15.0 Å². The standard InChI is InChI=1S/C61H51N5/c1-40-36-42(3)57(43(4)37-40)66(58-44(5)38-41(2)39-45(58)6)51-33-31-50(32-34-51)65(55-35-30-47-22-16-17-28-53(47)56(55)48-23-12-8-13-24-48)61-63-59(49-25-14-9-15-26-49)62-60(64-61)54-29-19-18-27-52(54)46-20-10-7-11-21-46/h7-39H,1-6H3. The highest BCUT2D eigenvalue weighted by molar-refractivity contribution is 6.05. The van der Waals surface area contributed by atoms with Crippen molar-refractivity contribution in [1.29, 1.82) is 0 Å². The van der Waals surface area contributed by atoms with Gasteiger partial charge in [0, 0.05) is 28.1 Å². The van der Waals surface area contributed by atoms with E-state index < -0.39 is 0 Å². The lowest BCUT2D eigenvalue weighted by Gasteiger charge is -2.32. The van der Waals surface area contributed by atoms with Crippen LogP contribution in [-0.2, 0) is 0 Å². The first-order chi connectivity index (χ1) is 32.2. The Morgan fingerprint density at radius 1 is 0.348 bits per heavy atom. The molecule has 10 rings (SSSR count). The fourth-order valence-corrected chi connectivity index (χ4v) is 9.74. The molecule has 66 heavy (non-hydrogen) atoms. The summed E-state index contributed by atoms with van der Waals surface area (Å²) in [4.78, 5) is 20.8. The fourth-order valence-electron chi connectivity index (χ4n) is 9.74. The normalized spacial score (nSPS) is 11.2. The molecule has 0 aliphatic carbocycles. The fraction of sp³-hybridized carbons (Fsp3) is 0.0984. The van der Waals surface area contributed by atoms with Crippen LogP contribution >= 0.6 is 0 Å². The minimum atomic E-state index is 0.509. The van der Waals surface area contributed by atoms with Crippen LogP contribution in [0.15, 0.2) is 200 Å². The third-order valence-electron chi connectivity index (χ3n) is 12.4. The van der Waals surface area contributed by atoms with Gasteiger partial charge in [-0.2, -0.15) is 9.97 Å². The van der Waals surface area contributed by atoms with E-state index in [4.69, 9.17) is 15.0 Å². The van der Waals surface area contributed by atoms with E-state index in [0.717, 1.165) is 61.2 Å². The molecule has 0 aliphatic heterocycles. The molecule has 0 saturated carbocycles. The lowest BCUT2D eigenvalue weighted by atomic mass is 9.95. The zero-order valence-corrected chi connectivity index (χ0v) is 38.3. The summed E-state index contributed by atoms with van der Waals surface area (Å²) in [5.41, 5.74) is 18.8. The second-order valence-electron chi connectivity index (χ2n) is 17.3. The van der Waals surface area contributed by atoms with E-state index in [0.29, 0.717) is 17.6 Å². The average Bonchev–Trinajstić information content (AvgIpc) is 3.34. The summed E-state index contributed by atoms with van der Waals surface area (Å²) in [5, 5.41) is 2.29. The summed E-state index contributed by atoms with van der Waals surface area (Å²) in [6, 6.07) is 70.8. The number of fused-ring (bicyclic) bond motifs is 1. The van der Waals surface area contributed by atoms with Crippen molar-refractivity contribution in [2.75, 3.05) is 9.80 Å². The van der Waals surface area contributed by atoms with Gasteiger partial charge in [-0.3, -0.25) is 4.90 Å². The molecule has 0 radical (unpaired) electrons. The van der Waals surface area contributed by atoms with Crippen molar-refractivity contribution < 1.29 is 0 Å². The van der Waals surface area contributed by atoms with E-state index in [-0.39, 0.29) is 0 Å². The average molecular weight is 854 g/mol. The molecule has 0 aliphatic rings. The zero-order valence-electron chi connectivity index (χ0n) is 38.3. The van der Waals surface area contributed by atoms with Gasteiger partial charge in [-0.1, -0.05) is 181 Å². The van der Waals surface area contributed by atoms with E-state index in [2.05, 4.69) is 227 Å². The number of aromatic nitrogens is 3. The van der Waals surface area contributed by atoms with Crippen LogP contribution < -0.4 is 9.80 Å². The molecule has 5 heteroatoms. The Hall–Kier alpha value is -8.15. The van der Waals surface area contributed by atoms with Gasteiger partial charge in [-0.15, -0.1) is 0 Å². The number of aryl methyl sites for hydroxylation is 6. The van der Waals surface area contributed by atoms with Gasteiger partial charge in [0.05, 0.1) is 17.1 Å². The minimum absolute atomic E-state index is 0.509.